The summed E-state index contributed by atoms with van der Waals surface area (Å²) in [6.45, 7) is 9.19. The van der Waals surface area contributed by atoms with Gasteiger partial charge in [0.2, 0.25) is 0 Å². The number of nitrogens with zero attached hydrogens (tertiary/aromatic N) is 4. The summed E-state index contributed by atoms with van der Waals surface area (Å²) in [5.74, 6) is 0.0648. The van der Waals surface area contributed by atoms with Crippen LogP contribution in [0.1, 0.15) is 54.9 Å². The lowest BCUT2D eigenvalue weighted by atomic mass is 9.96. The van der Waals surface area contributed by atoms with Crippen LogP contribution in [0.3, 0.4) is 0 Å². The van der Waals surface area contributed by atoms with Gasteiger partial charge in [-0.15, -0.1) is 0 Å². The molecule has 6 nitrogen and oxygen atoms in total. The van der Waals surface area contributed by atoms with Gasteiger partial charge in [-0.2, -0.15) is 0 Å². The van der Waals surface area contributed by atoms with E-state index in [4.69, 9.17) is 10.1 Å². The highest BCUT2D eigenvalue weighted by Crippen LogP contribution is 2.30. The Morgan fingerprint density at radius 3 is 2.08 bits per heavy atom. The second-order valence-corrected chi connectivity index (χ2v) is 10.2. The van der Waals surface area contributed by atoms with Crippen molar-refractivity contribution < 1.29 is 9.90 Å². The van der Waals surface area contributed by atoms with Crippen molar-refractivity contribution in [2.75, 3.05) is 26.2 Å². The van der Waals surface area contributed by atoms with E-state index in [1.807, 2.05) is 0 Å². The molecule has 37 heavy (non-hydrogen) atoms. The molecule has 4 aromatic rings. The second kappa shape index (κ2) is 11.3. The van der Waals surface area contributed by atoms with E-state index in [-0.39, 0.29) is 18.5 Å². The zero-order valence-corrected chi connectivity index (χ0v) is 21.8. The van der Waals surface area contributed by atoms with Gasteiger partial charge in [-0.05, 0) is 42.7 Å². The molecule has 0 bridgehead atoms. The van der Waals surface area contributed by atoms with Gasteiger partial charge >= 0.3 is 5.97 Å². The van der Waals surface area contributed by atoms with Gasteiger partial charge in [0, 0.05) is 45.2 Å². The Hall–Kier alpha value is -3.48. The van der Waals surface area contributed by atoms with Crippen molar-refractivity contribution in [3.05, 3.63) is 101 Å². The maximum Gasteiger partial charge on any atom is 0.303 e. The number of imidazole rings is 1. The number of rotatable bonds is 9. The van der Waals surface area contributed by atoms with Gasteiger partial charge in [-0.1, -0.05) is 66.7 Å². The third-order valence-electron chi connectivity index (χ3n) is 7.31. The smallest absolute Gasteiger partial charge is 0.303 e. The average molecular weight is 497 g/mol. The minimum absolute atomic E-state index is 0.0974. The monoisotopic (exact) mass is 496 g/mol. The van der Waals surface area contributed by atoms with E-state index in [0.717, 1.165) is 49.6 Å². The molecule has 6 heteroatoms. The van der Waals surface area contributed by atoms with Crippen LogP contribution in [0.5, 0.6) is 0 Å². The predicted octanol–water partition coefficient (Wildman–Crippen LogP) is 5.54. The normalized spacial score (nSPS) is 15.1. The Bertz CT molecular complexity index is 1290. The van der Waals surface area contributed by atoms with Crippen molar-refractivity contribution in [1.29, 1.82) is 0 Å². The van der Waals surface area contributed by atoms with Gasteiger partial charge < -0.3 is 9.67 Å². The van der Waals surface area contributed by atoms with Gasteiger partial charge in [-0.25, -0.2) is 4.98 Å². The summed E-state index contributed by atoms with van der Waals surface area (Å²) < 4.78 is 2.17. The minimum atomic E-state index is -0.788. The van der Waals surface area contributed by atoms with E-state index in [0.29, 0.717) is 6.42 Å². The van der Waals surface area contributed by atoms with Gasteiger partial charge in [0.05, 0.1) is 23.5 Å². The zero-order chi connectivity index (χ0) is 25.8. The Kier molecular flexibility index (Phi) is 7.68. The number of carboxylic acids is 1. The van der Waals surface area contributed by atoms with Crippen LogP contribution in [0, 0.1) is 0 Å². The van der Waals surface area contributed by atoms with E-state index >= 15 is 0 Å². The number of benzene rings is 3. The maximum absolute atomic E-state index is 11.1. The molecule has 192 valence electrons. The fourth-order valence-corrected chi connectivity index (χ4v) is 5.59. The van der Waals surface area contributed by atoms with Gasteiger partial charge in [0.15, 0.2) is 0 Å². The highest BCUT2D eigenvalue weighted by atomic mass is 16.4. The lowest BCUT2D eigenvalue weighted by Crippen LogP contribution is -2.47. The molecule has 2 heterocycles. The lowest BCUT2D eigenvalue weighted by molar-refractivity contribution is -0.137. The Morgan fingerprint density at radius 2 is 1.51 bits per heavy atom. The van der Waals surface area contributed by atoms with Crippen LogP contribution < -0.4 is 0 Å². The molecule has 0 spiro atoms. The molecular formula is C31H36N4O2. The van der Waals surface area contributed by atoms with Gasteiger partial charge in [-0.3, -0.25) is 14.6 Å². The standard InChI is InChI=1S/C31H36N4O2/c1-23(2)35-28-14-13-24(21-27(28)32-29(35)15-16-30(36)37)22-33-17-19-34(20-18-33)31(25-9-5-3-6-10-25)26-11-7-4-8-12-26/h3-14,21,23,31H,15-20,22H2,1-2H3,(H,36,37). The Labute approximate surface area is 219 Å². The number of aromatic nitrogens is 2. The molecular weight excluding hydrogens is 460 g/mol. The molecule has 0 atom stereocenters. The number of aliphatic carboxylic acids is 1. The fraction of sp³-hybridized carbons (Fsp3) is 0.355. The van der Waals surface area contributed by atoms with Crippen LogP contribution in [0.4, 0.5) is 0 Å². The summed E-state index contributed by atoms with van der Waals surface area (Å²) in [6, 6.07) is 28.7. The van der Waals surface area contributed by atoms with Crippen LogP contribution in [-0.4, -0.2) is 56.6 Å². The van der Waals surface area contributed by atoms with Crippen molar-refractivity contribution >= 4 is 17.0 Å². The summed E-state index contributed by atoms with van der Waals surface area (Å²) in [7, 11) is 0. The van der Waals surface area contributed by atoms with Gasteiger partial charge in [0.25, 0.3) is 0 Å². The first kappa shape index (κ1) is 25.2. The van der Waals surface area contributed by atoms with E-state index in [9.17, 15) is 4.79 Å². The quantitative estimate of drug-likeness (QED) is 0.330. The van der Waals surface area contributed by atoms with Crippen molar-refractivity contribution in [2.45, 2.75) is 45.3 Å². The summed E-state index contributed by atoms with van der Waals surface area (Å²) >= 11 is 0. The van der Waals surface area contributed by atoms with E-state index in [2.05, 4.69) is 107 Å². The highest BCUT2D eigenvalue weighted by Gasteiger charge is 2.26. The number of carbonyl (C=O) groups is 1. The first-order valence-electron chi connectivity index (χ1n) is 13.3. The van der Waals surface area contributed by atoms with Crippen LogP contribution >= 0.6 is 0 Å². The largest absolute Gasteiger partial charge is 0.481 e. The SMILES string of the molecule is CC(C)n1c(CCC(=O)O)nc2cc(CN3CCN(C(c4ccccc4)c4ccccc4)CC3)ccc21. The first-order chi connectivity index (χ1) is 18.0. The molecule has 0 radical (unpaired) electrons. The topological polar surface area (TPSA) is 61.6 Å². The number of aryl methyl sites for hydroxylation is 1. The van der Waals surface area contributed by atoms with Crippen LogP contribution in [-0.2, 0) is 17.8 Å². The number of carboxylic acid groups (broad SMARTS) is 1. The molecule has 0 amide bonds. The van der Waals surface area contributed by atoms with Crippen LogP contribution in [0.2, 0.25) is 0 Å². The molecule has 1 aliphatic rings. The molecule has 1 N–H and O–H groups in total. The summed E-state index contributed by atoms with van der Waals surface area (Å²) in [5.41, 5.74) is 5.97. The zero-order valence-electron chi connectivity index (χ0n) is 21.8. The second-order valence-electron chi connectivity index (χ2n) is 10.2. The summed E-state index contributed by atoms with van der Waals surface area (Å²) in [5, 5.41) is 9.14. The highest BCUT2D eigenvalue weighted by molar-refractivity contribution is 5.77. The molecule has 1 saturated heterocycles. The molecule has 0 aliphatic carbocycles. The number of piperazine rings is 1. The Morgan fingerprint density at radius 1 is 0.892 bits per heavy atom. The summed E-state index contributed by atoms with van der Waals surface area (Å²) in [4.78, 5) is 21.1. The molecule has 1 aromatic heterocycles. The van der Waals surface area contributed by atoms with E-state index in [1.165, 1.54) is 16.7 Å². The molecule has 5 rings (SSSR count). The predicted molar refractivity (Wildman–Crippen MR) is 148 cm³/mol. The van der Waals surface area contributed by atoms with Crippen LogP contribution in [0.15, 0.2) is 78.9 Å². The maximum atomic E-state index is 11.1. The number of fused-ring (bicyclic) bond motifs is 1. The van der Waals surface area contributed by atoms with Gasteiger partial charge in [0.1, 0.15) is 5.82 Å². The number of hydrogen-bond acceptors (Lipinski definition) is 4. The fourth-order valence-electron chi connectivity index (χ4n) is 5.59. The minimum Gasteiger partial charge on any atom is -0.481 e. The van der Waals surface area contributed by atoms with Crippen LogP contribution in [0.25, 0.3) is 11.0 Å². The lowest BCUT2D eigenvalue weighted by Gasteiger charge is -2.39. The molecule has 3 aromatic carbocycles. The third-order valence-corrected chi connectivity index (χ3v) is 7.31. The summed E-state index contributed by atoms with van der Waals surface area (Å²) in [6.07, 6.45) is 0.545. The molecule has 0 saturated carbocycles. The molecule has 1 fully saturated rings. The third kappa shape index (κ3) is 5.76. The van der Waals surface area contributed by atoms with Crippen molar-refractivity contribution in [3.8, 4) is 0 Å². The first-order valence-corrected chi connectivity index (χ1v) is 13.3. The molecule has 0 unspecified atom stereocenters. The molecule has 1 aliphatic heterocycles. The van der Waals surface area contributed by atoms with E-state index in [1.54, 1.807) is 0 Å². The van der Waals surface area contributed by atoms with Crippen molar-refractivity contribution in [1.82, 2.24) is 19.4 Å². The number of hydrogen-bond donors (Lipinski definition) is 1. The van der Waals surface area contributed by atoms with Crippen molar-refractivity contribution in [3.63, 3.8) is 0 Å². The Balaban J connectivity index is 1.29. The van der Waals surface area contributed by atoms with Crippen molar-refractivity contribution in [2.24, 2.45) is 0 Å². The van der Waals surface area contributed by atoms with E-state index < -0.39 is 5.97 Å². The average Bonchev–Trinajstić information content (AvgIpc) is 3.28.